The number of rotatable bonds is 5. The second kappa shape index (κ2) is 8.69. The number of ether oxygens (including phenoxy) is 1. The molecule has 1 atom stereocenters. The molecule has 1 N–H and O–H groups in total. The molecule has 4 heterocycles. The van der Waals surface area contributed by atoms with Crippen LogP contribution in [0.15, 0.2) is 24.5 Å². The second-order valence-electron chi connectivity index (χ2n) is 10.7. The number of hydrogen-bond donors (Lipinski definition) is 1. The maximum Gasteiger partial charge on any atom is 0.416 e. The van der Waals surface area contributed by atoms with Gasteiger partial charge in [0.25, 0.3) is 0 Å². The highest BCUT2D eigenvalue weighted by Gasteiger charge is 2.40. The Morgan fingerprint density at radius 3 is 2.56 bits per heavy atom. The molecule has 6 rings (SSSR count). The second-order valence-corrected chi connectivity index (χ2v) is 10.7. The zero-order valence-electron chi connectivity index (χ0n) is 20.6. The average Bonchev–Trinajstić information content (AvgIpc) is 3.50. The summed E-state index contributed by atoms with van der Waals surface area (Å²) in [6.07, 6.45) is 3.37. The summed E-state index contributed by atoms with van der Waals surface area (Å²) in [4.78, 5) is 11.3. The van der Waals surface area contributed by atoms with Crippen LogP contribution in [-0.2, 0) is 10.9 Å². The highest BCUT2D eigenvalue weighted by molar-refractivity contribution is 5.81. The van der Waals surface area contributed by atoms with Crippen molar-refractivity contribution in [2.75, 3.05) is 31.6 Å². The minimum atomic E-state index is -4.43. The van der Waals surface area contributed by atoms with Crippen molar-refractivity contribution in [1.29, 1.82) is 0 Å². The molecule has 0 bridgehead atoms. The number of nitrogens with one attached hydrogen (secondary N) is 1. The van der Waals surface area contributed by atoms with E-state index >= 15 is 0 Å². The van der Waals surface area contributed by atoms with E-state index in [-0.39, 0.29) is 11.5 Å². The molecule has 1 saturated carbocycles. The first kappa shape index (κ1) is 23.7. The predicted molar refractivity (Wildman–Crippen MR) is 130 cm³/mol. The third-order valence-electron chi connectivity index (χ3n) is 8.14. The Morgan fingerprint density at radius 1 is 1.11 bits per heavy atom. The summed E-state index contributed by atoms with van der Waals surface area (Å²) in [7, 11) is 0. The Hall–Kier alpha value is -2.72. The van der Waals surface area contributed by atoms with Gasteiger partial charge in [-0.2, -0.15) is 18.3 Å². The zero-order chi connectivity index (χ0) is 25.1. The third-order valence-corrected chi connectivity index (χ3v) is 8.14. The van der Waals surface area contributed by atoms with Gasteiger partial charge in [0.05, 0.1) is 41.3 Å². The fourth-order valence-electron chi connectivity index (χ4n) is 5.73. The van der Waals surface area contributed by atoms with Gasteiger partial charge in [-0.1, -0.05) is 0 Å². The van der Waals surface area contributed by atoms with Gasteiger partial charge in [-0.05, 0) is 82.7 Å². The number of nitrogens with zero attached hydrogens (tertiary/aromatic N) is 5. The summed E-state index contributed by atoms with van der Waals surface area (Å²) < 4.78 is 49.9. The molecule has 10 heteroatoms. The minimum Gasteiger partial charge on any atom is -0.379 e. The molecule has 3 fully saturated rings. The minimum absolute atomic E-state index is 0.0134. The summed E-state index contributed by atoms with van der Waals surface area (Å²) in [6, 6.07) is 3.30. The first-order valence-electron chi connectivity index (χ1n) is 12.7. The van der Waals surface area contributed by atoms with E-state index in [1.807, 2.05) is 11.6 Å². The molecule has 3 aromatic rings. The molecule has 0 amide bonds. The smallest absolute Gasteiger partial charge is 0.379 e. The molecule has 1 unspecified atom stereocenters. The van der Waals surface area contributed by atoms with Gasteiger partial charge in [0, 0.05) is 23.7 Å². The molecule has 0 spiro atoms. The highest BCUT2D eigenvalue weighted by Crippen LogP contribution is 2.42. The van der Waals surface area contributed by atoms with Crippen LogP contribution in [0.2, 0.25) is 0 Å². The summed E-state index contributed by atoms with van der Waals surface area (Å²) in [5.41, 5.74) is 2.08. The number of fused-ring (bicyclic) bond motifs is 1. The van der Waals surface area contributed by atoms with E-state index in [4.69, 9.17) is 4.74 Å². The van der Waals surface area contributed by atoms with E-state index < -0.39 is 11.7 Å². The van der Waals surface area contributed by atoms with Crippen molar-refractivity contribution in [2.45, 2.75) is 69.6 Å². The normalized spacial score (nSPS) is 24.0. The summed E-state index contributed by atoms with van der Waals surface area (Å²) in [6.45, 7) is 7.15. The van der Waals surface area contributed by atoms with E-state index in [9.17, 15) is 13.2 Å². The van der Waals surface area contributed by atoms with Gasteiger partial charge in [0.2, 0.25) is 5.95 Å². The Bertz CT molecular complexity index is 1270. The van der Waals surface area contributed by atoms with Crippen molar-refractivity contribution in [3.05, 3.63) is 41.3 Å². The number of alkyl halides is 3. The highest BCUT2D eigenvalue weighted by atomic mass is 19.4. The largest absolute Gasteiger partial charge is 0.416 e. The number of likely N-dealkylation sites (tertiary alicyclic amines) is 1. The first-order chi connectivity index (χ1) is 17.2. The summed E-state index contributed by atoms with van der Waals surface area (Å²) in [5, 5.41) is 8.04. The average molecular weight is 501 g/mol. The lowest BCUT2D eigenvalue weighted by Crippen LogP contribution is -2.50. The number of hydrogen-bond acceptors (Lipinski definition) is 6. The molecule has 36 heavy (non-hydrogen) atoms. The third kappa shape index (κ3) is 4.34. The topological polar surface area (TPSA) is 68.1 Å². The van der Waals surface area contributed by atoms with Crippen molar-refractivity contribution >= 4 is 22.5 Å². The van der Waals surface area contributed by atoms with Crippen LogP contribution in [0.3, 0.4) is 0 Å². The van der Waals surface area contributed by atoms with Crippen LogP contribution in [0, 0.1) is 6.92 Å². The summed E-state index contributed by atoms with van der Waals surface area (Å²) in [5.74, 6) is 0.189. The van der Waals surface area contributed by atoms with E-state index in [0.717, 1.165) is 50.3 Å². The molecule has 2 aromatic heterocycles. The van der Waals surface area contributed by atoms with Gasteiger partial charge in [-0.15, -0.1) is 0 Å². The first-order valence-corrected chi connectivity index (χ1v) is 12.7. The van der Waals surface area contributed by atoms with Crippen LogP contribution in [-0.4, -0.2) is 56.5 Å². The SMILES string of the molecule is Cc1c(Nc2ncc3cc(C(F)(F)F)c(C4CCN(C5(C)CCOC5)CC4)cc3n2)cnn1C1CC1. The molecular weight excluding hydrogens is 469 g/mol. The lowest BCUT2D eigenvalue weighted by molar-refractivity contribution is -0.138. The number of aromatic nitrogens is 4. The van der Waals surface area contributed by atoms with Gasteiger partial charge in [-0.25, -0.2) is 9.97 Å². The molecule has 192 valence electrons. The van der Waals surface area contributed by atoms with Crippen LogP contribution in [0.5, 0.6) is 0 Å². The lowest BCUT2D eigenvalue weighted by Gasteiger charge is -2.42. The predicted octanol–water partition coefficient (Wildman–Crippen LogP) is 5.59. The van der Waals surface area contributed by atoms with Crippen molar-refractivity contribution in [1.82, 2.24) is 24.6 Å². The van der Waals surface area contributed by atoms with Crippen LogP contribution >= 0.6 is 0 Å². The fourth-order valence-corrected chi connectivity index (χ4v) is 5.73. The zero-order valence-corrected chi connectivity index (χ0v) is 20.6. The monoisotopic (exact) mass is 500 g/mol. The quantitative estimate of drug-likeness (QED) is 0.493. The van der Waals surface area contributed by atoms with Crippen molar-refractivity contribution in [3.8, 4) is 0 Å². The standard InChI is InChI=1S/C26H31F3N6O/c1-16-23(14-31-35(16)19-3-4-19)33-24-30-13-18-11-21(26(27,28)29)20(12-22(18)32-24)17-5-8-34(9-6-17)25(2)7-10-36-15-25/h11-14,17,19H,3-10,15H2,1-2H3,(H,30,32,33). The molecule has 3 aliphatic rings. The van der Waals surface area contributed by atoms with Gasteiger partial charge in [0.1, 0.15) is 0 Å². The fraction of sp³-hybridized carbons (Fsp3) is 0.577. The van der Waals surface area contributed by atoms with Crippen LogP contribution in [0.25, 0.3) is 10.9 Å². The lowest BCUT2D eigenvalue weighted by atomic mass is 9.83. The number of halogens is 3. The van der Waals surface area contributed by atoms with E-state index in [1.54, 1.807) is 12.3 Å². The van der Waals surface area contributed by atoms with E-state index in [0.29, 0.717) is 47.9 Å². The van der Waals surface area contributed by atoms with Gasteiger partial charge < -0.3 is 10.1 Å². The number of benzene rings is 1. The van der Waals surface area contributed by atoms with Gasteiger partial charge in [-0.3, -0.25) is 9.58 Å². The Kier molecular flexibility index (Phi) is 5.71. The number of piperidine rings is 1. The molecule has 7 nitrogen and oxygen atoms in total. The van der Waals surface area contributed by atoms with Crippen LogP contribution in [0.1, 0.15) is 67.8 Å². The van der Waals surface area contributed by atoms with Crippen molar-refractivity contribution in [3.63, 3.8) is 0 Å². The Labute approximate surface area is 208 Å². The molecule has 2 aliphatic heterocycles. The maximum atomic E-state index is 14.1. The van der Waals surface area contributed by atoms with Crippen LogP contribution < -0.4 is 5.32 Å². The molecule has 0 radical (unpaired) electrons. The van der Waals surface area contributed by atoms with Gasteiger partial charge >= 0.3 is 6.18 Å². The van der Waals surface area contributed by atoms with Crippen LogP contribution in [0.4, 0.5) is 24.8 Å². The molecular formula is C26H31F3N6O. The molecule has 1 aliphatic carbocycles. The summed E-state index contributed by atoms with van der Waals surface area (Å²) >= 11 is 0. The van der Waals surface area contributed by atoms with E-state index in [1.165, 1.54) is 12.3 Å². The van der Waals surface area contributed by atoms with Crippen molar-refractivity contribution in [2.24, 2.45) is 0 Å². The van der Waals surface area contributed by atoms with Gasteiger partial charge in [0.15, 0.2) is 0 Å². The Morgan fingerprint density at radius 2 is 1.89 bits per heavy atom. The Balaban J connectivity index is 1.28. The van der Waals surface area contributed by atoms with E-state index in [2.05, 4.69) is 32.2 Å². The molecule has 1 aromatic carbocycles. The van der Waals surface area contributed by atoms with Crippen molar-refractivity contribution < 1.29 is 17.9 Å². The maximum absolute atomic E-state index is 14.1. The number of anilines is 2. The molecule has 2 saturated heterocycles.